The molecule has 0 bridgehead atoms. The number of hydrogen-bond acceptors (Lipinski definition) is 3. The minimum Gasteiger partial charge on any atom is -0.378 e. The lowest BCUT2D eigenvalue weighted by atomic mass is 10.0. The largest absolute Gasteiger partial charge is 0.378 e. The molecule has 1 fully saturated rings. The first-order valence-corrected chi connectivity index (χ1v) is 11.4. The number of anilines is 2. The predicted molar refractivity (Wildman–Crippen MR) is 135 cm³/mol. The minimum atomic E-state index is -0.433. The number of urea groups is 1. The number of hydrogen-bond donors (Lipinski definition) is 3. The van der Waals surface area contributed by atoms with Gasteiger partial charge in [-0.1, -0.05) is 66.2 Å². The average Bonchev–Trinajstić information content (AvgIpc) is 3.27. The minimum absolute atomic E-state index is 0.0928. The van der Waals surface area contributed by atoms with E-state index in [0.29, 0.717) is 53.9 Å². The fourth-order valence-electron chi connectivity index (χ4n) is 4.15. The van der Waals surface area contributed by atoms with Gasteiger partial charge < -0.3 is 25.3 Å². The zero-order valence-electron chi connectivity index (χ0n) is 18.3. The van der Waals surface area contributed by atoms with Crippen molar-refractivity contribution in [1.82, 2.24) is 9.88 Å². The maximum atomic E-state index is 13.5. The first kappa shape index (κ1) is 22.0. The lowest BCUT2D eigenvalue weighted by molar-refractivity contribution is 0.0300. The molecule has 0 saturated carbocycles. The van der Waals surface area contributed by atoms with Crippen molar-refractivity contribution in [2.45, 2.75) is 0 Å². The first-order chi connectivity index (χ1) is 16.6. The molecule has 1 aromatic heterocycles. The van der Waals surface area contributed by atoms with Gasteiger partial charge in [0.2, 0.25) is 0 Å². The summed E-state index contributed by atoms with van der Waals surface area (Å²) in [5, 5.41) is 6.94. The number of aromatic nitrogens is 1. The summed E-state index contributed by atoms with van der Waals surface area (Å²) in [5.41, 5.74) is 3.95. The Balaban J connectivity index is 1.54. The Morgan fingerprint density at radius 1 is 0.853 bits per heavy atom. The summed E-state index contributed by atoms with van der Waals surface area (Å²) in [6, 6.07) is 22.0. The maximum Gasteiger partial charge on any atom is 0.323 e. The molecule has 172 valence electrons. The van der Waals surface area contributed by atoms with E-state index in [9.17, 15) is 9.59 Å². The number of aromatic amines is 1. The van der Waals surface area contributed by atoms with E-state index in [-0.39, 0.29) is 5.91 Å². The molecule has 1 saturated heterocycles. The highest BCUT2D eigenvalue weighted by Gasteiger charge is 2.26. The summed E-state index contributed by atoms with van der Waals surface area (Å²) in [4.78, 5) is 31.3. The smallest absolute Gasteiger partial charge is 0.323 e. The van der Waals surface area contributed by atoms with Gasteiger partial charge in [-0.3, -0.25) is 4.79 Å². The van der Waals surface area contributed by atoms with Crippen LogP contribution in [0.15, 0.2) is 72.8 Å². The zero-order valence-corrected chi connectivity index (χ0v) is 19.1. The Bertz CT molecular complexity index is 1350. The van der Waals surface area contributed by atoms with Crippen molar-refractivity contribution in [3.05, 3.63) is 83.5 Å². The highest BCUT2D eigenvalue weighted by atomic mass is 35.5. The first-order valence-electron chi connectivity index (χ1n) is 11.0. The number of rotatable bonds is 4. The van der Waals surface area contributed by atoms with Crippen LogP contribution in [0.1, 0.15) is 10.5 Å². The summed E-state index contributed by atoms with van der Waals surface area (Å²) >= 11 is 6.17. The van der Waals surface area contributed by atoms with Gasteiger partial charge in [-0.05, 0) is 23.8 Å². The SMILES string of the molecule is O=C(Nc1ccccc1Cl)Nc1cccc2c(-c3ccccc3)c(C(=O)N3CCOCC3)[nH]c12. The van der Waals surface area contributed by atoms with E-state index in [1.54, 1.807) is 35.2 Å². The Morgan fingerprint density at radius 2 is 1.53 bits per heavy atom. The van der Waals surface area contributed by atoms with Crippen molar-refractivity contribution in [1.29, 1.82) is 0 Å². The molecule has 8 heteroatoms. The number of nitrogens with zero attached hydrogens (tertiary/aromatic N) is 1. The summed E-state index contributed by atoms with van der Waals surface area (Å²) in [6.45, 7) is 2.10. The summed E-state index contributed by atoms with van der Waals surface area (Å²) < 4.78 is 5.41. The Kier molecular flexibility index (Phi) is 6.20. The van der Waals surface area contributed by atoms with Gasteiger partial charge in [0, 0.05) is 24.0 Å². The molecular formula is C26H23ClN4O3. The van der Waals surface area contributed by atoms with Crippen LogP contribution in [0.25, 0.3) is 22.0 Å². The van der Waals surface area contributed by atoms with E-state index >= 15 is 0 Å². The molecule has 0 spiro atoms. The molecule has 0 unspecified atom stereocenters. The number of amides is 3. The second-order valence-electron chi connectivity index (χ2n) is 7.93. The van der Waals surface area contributed by atoms with Crippen molar-refractivity contribution in [2.75, 3.05) is 36.9 Å². The maximum absolute atomic E-state index is 13.5. The summed E-state index contributed by atoms with van der Waals surface area (Å²) in [6.07, 6.45) is 0. The van der Waals surface area contributed by atoms with Crippen LogP contribution in [0.4, 0.5) is 16.2 Å². The van der Waals surface area contributed by atoms with Crippen LogP contribution in [0.5, 0.6) is 0 Å². The molecule has 5 rings (SSSR count). The zero-order chi connectivity index (χ0) is 23.5. The Morgan fingerprint density at radius 3 is 2.29 bits per heavy atom. The molecule has 3 aromatic carbocycles. The third kappa shape index (κ3) is 4.35. The molecule has 4 aromatic rings. The highest BCUT2D eigenvalue weighted by Crippen LogP contribution is 2.36. The van der Waals surface area contributed by atoms with E-state index in [4.69, 9.17) is 16.3 Å². The number of carbonyl (C=O) groups excluding carboxylic acids is 2. The number of ether oxygens (including phenoxy) is 1. The van der Waals surface area contributed by atoms with Gasteiger partial charge in [0.05, 0.1) is 35.1 Å². The van der Waals surface area contributed by atoms with Crippen molar-refractivity contribution in [2.24, 2.45) is 0 Å². The van der Waals surface area contributed by atoms with Crippen LogP contribution in [-0.2, 0) is 4.74 Å². The number of benzene rings is 3. The van der Waals surface area contributed by atoms with Crippen molar-refractivity contribution >= 4 is 45.8 Å². The van der Waals surface area contributed by atoms with Crippen LogP contribution in [0, 0.1) is 0 Å². The molecule has 0 atom stereocenters. The lowest BCUT2D eigenvalue weighted by Crippen LogP contribution is -2.41. The van der Waals surface area contributed by atoms with Crippen LogP contribution in [-0.4, -0.2) is 48.1 Å². The number of H-pyrrole nitrogens is 1. The topological polar surface area (TPSA) is 86.5 Å². The van der Waals surface area contributed by atoms with Crippen molar-refractivity contribution in [3.8, 4) is 11.1 Å². The number of nitrogens with one attached hydrogen (secondary N) is 3. The van der Waals surface area contributed by atoms with Crippen molar-refractivity contribution in [3.63, 3.8) is 0 Å². The van der Waals surface area contributed by atoms with Crippen LogP contribution in [0.3, 0.4) is 0 Å². The second-order valence-corrected chi connectivity index (χ2v) is 8.34. The molecule has 0 radical (unpaired) electrons. The monoisotopic (exact) mass is 474 g/mol. The second kappa shape index (κ2) is 9.59. The number of fused-ring (bicyclic) bond motifs is 1. The summed E-state index contributed by atoms with van der Waals surface area (Å²) in [5.74, 6) is -0.0928. The van der Waals surface area contributed by atoms with Gasteiger partial charge in [0.15, 0.2) is 0 Å². The van der Waals surface area contributed by atoms with E-state index in [2.05, 4.69) is 15.6 Å². The van der Waals surface area contributed by atoms with E-state index in [1.165, 1.54) is 0 Å². The van der Waals surface area contributed by atoms with Gasteiger partial charge >= 0.3 is 6.03 Å². The molecule has 1 aliphatic heterocycles. The van der Waals surface area contributed by atoms with Gasteiger partial charge in [0.1, 0.15) is 5.69 Å². The third-order valence-corrected chi connectivity index (χ3v) is 6.11. The molecule has 1 aliphatic rings. The van der Waals surface area contributed by atoms with E-state index < -0.39 is 6.03 Å². The van der Waals surface area contributed by atoms with Gasteiger partial charge in [-0.15, -0.1) is 0 Å². The van der Waals surface area contributed by atoms with Gasteiger partial charge in [0.25, 0.3) is 5.91 Å². The van der Waals surface area contributed by atoms with E-state index in [0.717, 1.165) is 16.5 Å². The average molecular weight is 475 g/mol. The van der Waals surface area contributed by atoms with Gasteiger partial charge in [-0.25, -0.2) is 4.79 Å². The van der Waals surface area contributed by atoms with Gasteiger partial charge in [-0.2, -0.15) is 0 Å². The molecule has 7 nitrogen and oxygen atoms in total. The predicted octanol–water partition coefficient (Wildman–Crippen LogP) is 5.60. The normalized spacial score (nSPS) is 13.6. The molecule has 0 aliphatic carbocycles. The standard InChI is InChI=1S/C26H23ClN4O3/c27-19-10-4-5-11-20(19)28-26(33)29-21-12-6-9-18-22(17-7-2-1-3-8-17)24(30-23(18)21)25(32)31-13-15-34-16-14-31/h1-12,30H,13-16H2,(H2,28,29,33). The third-order valence-electron chi connectivity index (χ3n) is 5.78. The number of morpholine rings is 1. The summed E-state index contributed by atoms with van der Waals surface area (Å²) in [7, 11) is 0. The highest BCUT2D eigenvalue weighted by molar-refractivity contribution is 6.33. The number of halogens is 1. The lowest BCUT2D eigenvalue weighted by Gasteiger charge is -2.26. The molecule has 3 amide bonds. The number of para-hydroxylation sites is 2. The molecule has 2 heterocycles. The van der Waals surface area contributed by atoms with Crippen LogP contribution >= 0.6 is 11.6 Å². The molecule has 34 heavy (non-hydrogen) atoms. The van der Waals surface area contributed by atoms with Crippen LogP contribution < -0.4 is 10.6 Å². The van der Waals surface area contributed by atoms with Crippen LogP contribution in [0.2, 0.25) is 5.02 Å². The quantitative estimate of drug-likeness (QED) is 0.359. The number of carbonyl (C=O) groups is 2. The molecular weight excluding hydrogens is 452 g/mol. The fourth-order valence-corrected chi connectivity index (χ4v) is 4.33. The Labute approximate surface area is 201 Å². The Hall–Kier alpha value is -3.81. The fraction of sp³-hybridized carbons (Fsp3) is 0.154. The van der Waals surface area contributed by atoms with Crippen molar-refractivity contribution < 1.29 is 14.3 Å². The van der Waals surface area contributed by atoms with E-state index in [1.807, 2.05) is 42.5 Å². The molecule has 3 N–H and O–H groups in total.